The zero-order valence-electron chi connectivity index (χ0n) is 11.5. The summed E-state index contributed by atoms with van der Waals surface area (Å²) in [5.41, 5.74) is 0. The van der Waals surface area contributed by atoms with Crippen LogP contribution in [0, 0.1) is 10.1 Å². The van der Waals surface area contributed by atoms with Gasteiger partial charge in [-0.25, -0.2) is 0 Å². The SMILES string of the molecule is C[C@@H]1CCCCN1CCNC(=O)c1ccc([N+](=O)[O-])o1. The number of hydrogen-bond acceptors (Lipinski definition) is 5. The molecule has 1 aromatic rings. The lowest BCUT2D eigenvalue weighted by atomic mass is 10.0. The molecule has 2 rings (SSSR count). The van der Waals surface area contributed by atoms with E-state index in [1.54, 1.807) is 0 Å². The van der Waals surface area contributed by atoms with Crippen LogP contribution in [0.2, 0.25) is 0 Å². The highest BCUT2D eigenvalue weighted by atomic mass is 16.6. The molecule has 1 aliphatic heterocycles. The van der Waals surface area contributed by atoms with E-state index in [4.69, 9.17) is 4.42 Å². The standard InChI is InChI=1S/C13H19N3O4/c1-10-4-2-3-8-15(10)9-7-14-13(17)11-5-6-12(20-11)16(18)19/h5-6,10H,2-4,7-9H2,1H3,(H,14,17)/t10-/m1/s1. The van der Waals surface area contributed by atoms with E-state index in [1.165, 1.54) is 31.4 Å². The molecule has 110 valence electrons. The van der Waals surface area contributed by atoms with E-state index in [2.05, 4.69) is 17.1 Å². The van der Waals surface area contributed by atoms with E-state index in [1.807, 2.05) is 0 Å². The van der Waals surface area contributed by atoms with Crippen LogP contribution in [0.3, 0.4) is 0 Å². The highest BCUT2D eigenvalue weighted by molar-refractivity contribution is 5.91. The van der Waals surface area contributed by atoms with Crippen molar-refractivity contribution in [1.29, 1.82) is 0 Å². The van der Waals surface area contributed by atoms with Gasteiger partial charge in [-0.3, -0.25) is 19.8 Å². The van der Waals surface area contributed by atoms with Gasteiger partial charge in [-0.1, -0.05) is 6.42 Å². The minimum absolute atomic E-state index is 0.0246. The number of furan rings is 1. The van der Waals surface area contributed by atoms with Crippen molar-refractivity contribution in [3.05, 3.63) is 28.0 Å². The van der Waals surface area contributed by atoms with Crippen LogP contribution in [0.4, 0.5) is 5.88 Å². The number of nitrogens with zero attached hydrogens (tertiary/aromatic N) is 2. The molecule has 0 bridgehead atoms. The van der Waals surface area contributed by atoms with Crippen molar-refractivity contribution in [3.8, 4) is 0 Å². The second kappa shape index (κ2) is 6.51. The molecule has 7 nitrogen and oxygen atoms in total. The van der Waals surface area contributed by atoms with Crippen molar-refractivity contribution in [3.63, 3.8) is 0 Å². The van der Waals surface area contributed by atoms with Crippen molar-refractivity contribution >= 4 is 11.8 Å². The highest BCUT2D eigenvalue weighted by Gasteiger charge is 2.19. The van der Waals surface area contributed by atoms with Gasteiger partial charge in [0.25, 0.3) is 5.91 Å². The summed E-state index contributed by atoms with van der Waals surface area (Å²) in [7, 11) is 0. The molecule has 0 spiro atoms. The Bertz CT molecular complexity index is 486. The first-order valence-electron chi connectivity index (χ1n) is 6.84. The first kappa shape index (κ1) is 14.5. The Morgan fingerprint density at radius 1 is 1.55 bits per heavy atom. The molecule has 0 radical (unpaired) electrons. The summed E-state index contributed by atoms with van der Waals surface area (Å²) in [4.78, 5) is 23.9. The Hall–Kier alpha value is -1.89. The molecule has 1 aromatic heterocycles. The molecule has 0 aliphatic carbocycles. The van der Waals surface area contributed by atoms with Gasteiger partial charge in [-0.2, -0.15) is 0 Å². The average Bonchev–Trinajstić information content (AvgIpc) is 2.91. The molecule has 1 aliphatic rings. The lowest BCUT2D eigenvalue weighted by Gasteiger charge is -2.33. The summed E-state index contributed by atoms with van der Waals surface area (Å²) in [6, 6.07) is 3.05. The molecular weight excluding hydrogens is 262 g/mol. The number of likely N-dealkylation sites (tertiary alicyclic amines) is 1. The number of rotatable bonds is 5. The average molecular weight is 281 g/mol. The van der Waals surface area contributed by atoms with Crippen molar-refractivity contribution in [2.24, 2.45) is 0 Å². The predicted octanol–water partition coefficient (Wildman–Crippen LogP) is 1.79. The van der Waals surface area contributed by atoms with Crippen LogP contribution < -0.4 is 5.32 Å². The lowest BCUT2D eigenvalue weighted by Crippen LogP contribution is -2.42. The van der Waals surface area contributed by atoms with Gasteiger partial charge >= 0.3 is 5.88 Å². The van der Waals surface area contributed by atoms with Gasteiger partial charge in [0.05, 0.1) is 6.07 Å². The maximum absolute atomic E-state index is 11.8. The van der Waals surface area contributed by atoms with Gasteiger partial charge in [-0.15, -0.1) is 0 Å². The Kier molecular flexibility index (Phi) is 4.73. The zero-order chi connectivity index (χ0) is 14.5. The molecule has 1 atom stereocenters. The molecular formula is C13H19N3O4. The summed E-state index contributed by atoms with van der Waals surface area (Å²) >= 11 is 0. The summed E-state index contributed by atoms with van der Waals surface area (Å²) in [6.07, 6.45) is 3.65. The molecule has 1 N–H and O–H groups in total. The maximum Gasteiger partial charge on any atom is 0.433 e. The van der Waals surface area contributed by atoms with Crippen molar-refractivity contribution in [2.45, 2.75) is 32.2 Å². The minimum atomic E-state index is -0.661. The molecule has 0 saturated carbocycles. The van der Waals surface area contributed by atoms with Gasteiger partial charge in [-0.05, 0) is 32.4 Å². The Morgan fingerprint density at radius 3 is 3.00 bits per heavy atom. The zero-order valence-corrected chi connectivity index (χ0v) is 11.5. The Balaban J connectivity index is 1.78. The third-order valence-corrected chi connectivity index (χ3v) is 3.62. The third kappa shape index (κ3) is 3.57. The fourth-order valence-corrected chi connectivity index (χ4v) is 2.44. The van der Waals surface area contributed by atoms with E-state index in [-0.39, 0.29) is 5.76 Å². The van der Waals surface area contributed by atoms with Crippen LogP contribution in [0.5, 0.6) is 0 Å². The van der Waals surface area contributed by atoms with Crippen LogP contribution in [0.25, 0.3) is 0 Å². The molecule has 1 fully saturated rings. The number of nitrogens with one attached hydrogen (secondary N) is 1. The number of amides is 1. The van der Waals surface area contributed by atoms with E-state index in [0.717, 1.165) is 13.1 Å². The number of nitro groups is 1. The molecule has 1 saturated heterocycles. The molecule has 1 amide bonds. The smallest absolute Gasteiger partial charge is 0.395 e. The topological polar surface area (TPSA) is 88.6 Å². The summed E-state index contributed by atoms with van der Waals surface area (Å²) in [6.45, 7) is 4.55. The quantitative estimate of drug-likeness (QED) is 0.656. The monoisotopic (exact) mass is 281 g/mol. The maximum atomic E-state index is 11.8. The molecule has 0 aromatic carbocycles. The Morgan fingerprint density at radius 2 is 2.35 bits per heavy atom. The van der Waals surface area contributed by atoms with Crippen LogP contribution in [-0.2, 0) is 0 Å². The predicted molar refractivity (Wildman–Crippen MR) is 72.6 cm³/mol. The fraction of sp³-hybridized carbons (Fsp3) is 0.615. The van der Waals surface area contributed by atoms with Gasteiger partial charge in [0.1, 0.15) is 4.92 Å². The van der Waals surface area contributed by atoms with Crippen molar-refractivity contribution < 1.29 is 14.1 Å². The second-order valence-corrected chi connectivity index (χ2v) is 5.03. The number of carbonyl (C=O) groups excluding carboxylic acids is 1. The summed E-state index contributed by atoms with van der Waals surface area (Å²) in [5, 5.41) is 13.2. The highest BCUT2D eigenvalue weighted by Crippen LogP contribution is 2.16. The fourth-order valence-electron chi connectivity index (χ4n) is 2.44. The van der Waals surface area contributed by atoms with E-state index in [0.29, 0.717) is 12.6 Å². The van der Waals surface area contributed by atoms with Gasteiger partial charge < -0.3 is 9.73 Å². The number of hydrogen-bond donors (Lipinski definition) is 1. The van der Waals surface area contributed by atoms with Gasteiger partial charge in [0.2, 0.25) is 0 Å². The molecule has 0 unspecified atom stereocenters. The minimum Gasteiger partial charge on any atom is -0.395 e. The van der Waals surface area contributed by atoms with E-state index >= 15 is 0 Å². The lowest BCUT2D eigenvalue weighted by molar-refractivity contribution is -0.402. The van der Waals surface area contributed by atoms with Crippen LogP contribution in [0.1, 0.15) is 36.7 Å². The van der Waals surface area contributed by atoms with E-state index < -0.39 is 16.7 Å². The second-order valence-electron chi connectivity index (χ2n) is 5.03. The van der Waals surface area contributed by atoms with Gasteiger partial charge in [0.15, 0.2) is 5.76 Å². The van der Waals surface area contributed by atoms with Crippen LogP contribution >= 0.6 is 0 Å². The summed E-state index contributed by atoms with van der Waals surface area (Å²) < 4.78 is 4.85. The molecule has 2 heterocycles. The van der Waals surface area contributed by atoms with Crippen molar-refractivity contribution in [2.75, 3.05) is 19.6 Å². The normalized spacial score (nSPS) is 19.8. The molecule has 7 heteroatoms. The molecule has 20 heavy (non-hydrogen) atoms. The van der Waals surface area contributed by atoms with Crippen molar-refractivity contribution in [1.82, 2.24) is 10.2 Å². The number of piperidine rings is 1. The first-order valence-corrected chi connectivity index (χ1v) is 6.84. The number of carbonyl (C=O) groups is 1. The Labute approximate surface area is 117 Å². The van der Waals surface area contributed by atoms with E-state index in [9.17, 15) is 14.9 Å². The largest absolute Gasteiger partial charge is 0.433 e. The first-order chi connectivity index (χ1) is 9.58. The summed E-state index contributed by atoms with van der Waals surface area (Å²) in [5.74, 6) is -0.856. The van der Waals surface area contributed by atoms with Crippen LogP contribution in [0.15, 0.2) is 16.5 Å². The van der Waals surface area contributed by atoms with Crippen LogP contribution in [-0.4, -0.2) is 41.4 Å². The third-order valence-electron chi connectivity index (χ3n) is 3.62. The van der Waals surface area contributed by atoms with Gasteiger partial charge in [0, 0.05) is 19.1 Å².